The molecule has 0 saturated carbocycles. The van der Waals surface area contributed by atoms with E-state index in [1.165, 1.54) is 24.8 Å². The molecule has 1 aliphatic heterocycles. The van der Waals surface area contributed by atoms with E-state index >= 15 is 0 Å². The van der Waals surface area contributed by atoms with Crippen molar-refractivity contribution in [2.24, 2.45) is 5.92 Å². The molecule has 0 bridgehead atoms. The molecule has 1 aliphatic rings. The molecule has 1 atom stereocenters. The van der Waals surface area contributed by atoms with Gasteiger partial charge in [0, 0.05) is 24.5 Å². The van der Waals surface area contributed by atoms with Crippen molar-refractivity contribution in [2.75, 3.05) is 11.4 Å². The minimum absolute atomic E-state index is 0.0420. The number of benzene rings is 2. The minimum atomic E-state index is -4.65. The van der Waals surface area contributed by atoms with Crippen molar-refractivity contribution in [3.05, 3.63) is 66.4 Å². The van der Waals surface area contributed by atoms with Gasteiger partial charge in [-0.1, -0.05) is 30.3 Å². The van der Waals surface area contributed by atoms with Crippen LogP contribution in [0, 0.1) is 5.92 Å². The number of hydrogen-bond donors (Lipinski definition) is 0. The summed E-state index contributed by atoms with van der Waals surface area (Å²) in [7, 11) is -4.14. The van der Waals surface area contributed by atoms with Crippen LogP contribution in [0.1, 0.15) is 32.3 Å². The molecule has 0 N–H and O–H groups in total. The fourth-order valence-corrected chi connectivity index (χ4v) is 6.04. The highest BCUT2D eigenvalue weighted by atomic mass is 32.2. The first-order valence-electron chi connectivity index (χ1n) is 10.5. The molecule has 1 amide bonds. The van der Waals surface area contributed by atoms with E-state index in [9.17, 15) is 26.4 Å². The van der Waals surface area contributed by atoms with Crippen LogP contribution in [-0.4, -0.2) is 30.6 Å². The van der Waals surface area contributed by atoms with Crippen LogP contribution in [0.4, 0.5) is 19.0 Å². The molecule has 1 aromatic heterocycles. The summed E-state index contributed by atoms with van der Waals surface area (Å²) in [5.41, 5.74) is -1.02. The van der Waals surface area contributed by atoms with E-state index in [-0.39, 0.29) is 18.9 Å². The number of alkyl halides is 3. The number of hydrogen-bond acceptors (Lipinski definition) is 4. The van der Waals surface area contributed by atoms with Gasteiger partial charge in [0.25, 0.3) is 0 Å². The van der Waals surface area contributed by atoms with Gasteiger partial charge in [-0.2, -0.15) is 13.2 Å². The zero-order chi connectivity index (χ0) is 24.0. The van der Waals surface area contributed by atoms with Gasteiger partial charge in [0.2, 0.25) is 5.91 Å². The number of carbonyl (C=O) groups excluding carboxylic acids is 1. The van der Waals surface area contributed by atoms with Gasteiger partial charge in [-0.15, -0.1) is 0 Å². The molecule has 9 heteroatoms. The first kappa shape index (κ1) is 23.2. The predicted octanol–water partition coefficient (Wildman–Crippen LogP) is 5.25. The molecular weight excluding hydrogens is 453 g/mol. The van der Waals surface area contributed by atoms with E-state index in [0.29, 0.717) is 18.3 Å². The second kappa shape index (κ2) is 8.13. The molecule has 0 spiro atoms. The van der Waals surface area contributed by atoms with E-state index in [4.69, 9.17) is 0 Å². The summed E-state index contributed by atoms with van der Waals surface area (Å²) in [5.74, 6) is -0.321. The van der Waals surface area contributed by atoms with Crippen LogP contribution in [0.3, 0.4) is 0 Å². The van der Waals surface area contributed by atoms with E-state index in [1.807, 2.05) is 30.3 Å². The van der Waals surface area contributed by atoms with Crippen molar-refractivity contribution in [1.82, 2.24) is 4.98 Å². The molecule has 0 radical (unpaired) electrons. The Morgan fingerprint density at radius 2 is 1.70 bits per heavy atom. The van der Waals surface area contributed by atoms with E-state index < -0.39 is 37.1 Å². The van der Waals surface area contributed by atoms with Gasteiger partial charge in [0.1, 0.15) is 5.82 Å². The second-order valence-electron chi connectivity index (χ2n) is 8.76. The lowest BCUT2D eigenvalue weighted by Crippen LogP contribution is -2.48. The Hall–Kier alpha value is -2.94. The summed E-state index contributed by atoms with van der Waals surface area (Å²) >= 11 is 0. The summed E-state index contributed by atoms with van der Waals surface area (Å²) in [6.45, 7) is 3.23. The lowest BCUT2D eigenvalue weighted by molar-refractivity contribution is -0.137. The van der Waals surface area contributed by atoms with Crippen molar-refractivity contribution in [3.8, 4) is 0 Å². The van der Waals surface area contributed by atoms with Crippen molar-refractivity contribution < 1.29 is 26.4 Å². The number of sulfone groups is 1. The Bertz CT molecular complexity index is 1320. The smallest absolute Gasteiger partial charge is 0.297 e. The number of halogens is 3. The molecule has 2 heterocycles. The Morgan fingerprint density at radius 3 is 2.36 bits per heavy atom. The highest BCUT2D eigenvalue weighted by Crippen LogP contribution is 2.40. The number of nitrogens with zero attached hydrogens (tertiary/aromatic N) is 2. The molecule has 4 rings (SSSR count). The van der Waals surface area contributed by atoms with Gasteiger partial charge in [-0.25, -0.2) is 13.4 Å². The number of fused-ring (bicyclic) bond motifs is 1. The topological polar surface area (TPSA) is 67.3 Å². The SMILES string of the molecule is CC(C)(C1CCN(c2cc3ccccc3cn2)C(=O)C1)S(=O)(=O)c1cccc(C(F)(F)F)c1. The van der Waals surface area contributed by atoms with Crippen LogP contribution in [0.5, 0.6) is 0 Å². The zero-order valence-electron chi connectivity index (χ0n) is 18.1. The Balaban J connectivity index is 1.58. The van der Waals surface area contributed by atoms with Crippen molar-refractivity contribution >= 4 is 32.3 Å². The van der Waals surface area contributed by atoms with Gasteiger partial charge < -0.3 is 0 Å². The first-order chi connectivity index (χ1) is 15.4. The van der Waals surface area contributed by atoms with E-state index in [0.717, 1.165) is 22.9 Å². The fourth-order valence-electron chi connectivity index (χ4n) is 4.25. The predicted molar refractivity (Wildman–Crippen MR) is 120 cm³/mol. The van der Waals surface area contributed by atoms with Crippen LogP contribution in [-0.2, 0) is 20.8 Å². The molecule has 3 aromatic rings. The average Bonchev–Trinajstić information content (AvgIpc) is 2.78. The van der Waals surface area contributed by atoms with Crippen molar-refractivity contribution in [2.45, 2.75) is 42.5 Å². The maximum Gasteiger partial charge on any atom is 0.416 e. The monoisotopic (exact) mass is 476 g/mol. The Labute approximate surface area is 190 Å². The van der Waals surface area contributed by atoms with Crippen LogP contribution in [0.2, 0.25) is 0 Å². The molecule has 33 heavy (non-hydrogen) atoms. The quantitative estimate of drug-likeness (QED) is 0.516. The number of rotatable bonds is 4. The largest absolute Gasteiger partial charge is 0.416 e. The number of amides is 1. The Kier molecular flexibility index (Phi) is 5.72. The lowest BCUT2D eigenvalue weighted by atomic mass is 9.85. The summed E-state index contributed by atoms with van der Waals surface area (Å²) in [4.78, 5) is 18.5. The zero-order valence-corrected chi connectivity index (χ0v) is 18.9. The molecule has 0 aliphatic carbocycles. The van der Waals surface area contributed by atoms with Crippen LogP contribution < -0.4 is 4.90 Å². The molecule has 5 nitrogen and oxygen atoms in total. The normalized spacial score (nSPS) is 18.0. The molecule has 174 valence electrons. The van der Waals surface area contributed by atoms with E-state index in [2.05, 4.69) is 4.98 Å². The summed E-state index contributed by atoms with van der Waals surface area (Å²) in [6, 6.07) is 13.2. The maximum absolute atomic E-state index is 13.3. The second-order valence-corrected chi connectivity index (χ2v) is 11.3. The van der Waals surface area contributed by atoms with Crippen LogP contribution >= 0.6 is 0 Å². The first-order valence-corrected chi connectivity index (χ1v) is 12.0. The van der Waals surface area contributed by atoms with Gasteiger partial charge in [-0.3, -0.25) is 9.69 Å². The average molecular weight is 477 g/mol. The molecule has 1 unspecified atom stereocenters. The number of piperidine rings is 1. The molecule has 1 fully saturated rings. The third-order valence-electron chi connectivity index (χ3n) is 6.46. The fraction of sp³-hybridized carbons (Fsp3) is 0.333. The van der Waals surface area contributed by atoms with Crippen LogP contribution in [0.25, 0.3) is 10.8 Å². The number of carbonyl (C=O) groups is 1. The Morgan fingerprint density at radius 1 is 1.00 bits per heavy atom. The summed E-state index contributed by atoms with van der Waals surface area (Å²) in [6.07, 6.45) is -2.62. The van der Waals surface area contributed by atoms with E-state index in [1.54, 1.807) is 6.20 Å². The van der Waals surface area contributed by atoms with Gasteiger partial charge >= 0.3 is 6.18 Å². The molecule has 1 saturated heterocycles. The van der Waals surface area contributed by atoms with Crippen LogP contribution in [0.15, 0.2) is 65.7 Å². The highest BCUT2D eigenvalue weighted by Gasteiger charge is 2.46. The summed E-state index contributed by atoms with van der Waals surface area (Å²) in [5, 5.41) is 1.88. The highest BCUT2D eigenvalue weighted by molar-refractivity contribution is 7.92. The third-order valence-corrected chi connectivity index (χ3v) is 9.06. The number of anilines is 1. The lowest BCUT2D eigenvalue weighted by Gasteiger charge is -2.39. The molecular formula is C24H23F3N2O3S. The van der Waals surface area contributed by atoms with Crippen molar-refractivity contribution in [1.29, 1.82) is 0 Å². The maximum atomic E-state index is 13.3. The number of pyridine rings is 1. The standard InChI is InChI=1S/C24H23F3N2O3S/c1-23(2,33(31,32)20-9-5-8-19(13-20)24(25,26)27)18-10-11-29(22(30)14-18)21-12-16-6-3-4-7-17(16)15-28-21/h3-9,12-13,15,18H,10-11,14H2,1-2H3. The van der Waals surface area contributed by atoms with Gasteiger partial charge in [0.15, 0.2) is 9.84 Å². The summed E-state index contributed by atoms with van der Waals surface area (Å²) < 4.78 is 64.6. The third kappa shape index (κ3) is 4.21. The van der Waals surface area contributed by atoms with Gasteiger partial charge in [-0.05, 0) is 55.8 Å². The minimum Gasteiger partial charge on any atom is -0.297 e. The van der Waals surface area contributed by atoms with Gasteiger partial charge in [0.05, 0.1) is 15.2 Å². The van der Waals surface area contributed by atoms with Crippen molar-refractivity contribution in [3.63, 3.8) is 0 Å². The molecule has 2 aromatic carbocycles. The number of aromatic nitrogens is 1.